The number of hydrogen-bond acceptors (Lipinski definition) is 3. The maximum absolute atomic E-state index is 12.6. The minimum Gasteiger partial charge on any atom is -0.317 e. The largest absolute Gasteiger partial charge is 0.317 e. The van der Waals surface area contributed by atoms with Crippen molar-refractivity contribution >= 4 is 27.7 Å². The van der Waals surface area contributed by atoms with Gasteiger partial charge >= 0.3 is 0 Å². The van der Waals surface area contributed by atoms with Gasteiger partial charge in [0.05, 0.1) is 12.7 Å². The van der Waals surface area contributed by atoms with Crippen molar-refractivity contribution in [1.82, 2.24) is 15.1 Å². The quantitative estimate of drug-likeness (QED) is 0.845. The molecule has 2 aromatic rings. The Morgan fingerprint density at radius 1 is 1.38 bits per heavy atom. The SMILES string of the molecule is O=C(Nc1ccnn1Cc1cccc(Br)c1)C1CC12CCNCC2. The van der Waals surface area contributed by atoms with Crippen LogP contribution in [0.15, 0.2) is 41.0 Å². The zero-order valence-electron chi connectivity index (χ0n) is 13.5. The Morgan fingerprint density at radius 3 is 3.00 bits per heavy atom. The highest BCUT2D eigenvalue weighted by Gasteiger charge is 2.57. The number of nitrogens with zero attached hydrogens (tertiary/aromatic N) is 2. The zero-order chi connectivity index (χ0) is 16.6. The lowest BCUT2D eigenvalue weighted by Crippen LogP contribution is -2.31. The molecule has 2 aliphatic rings. The standard InChI is InChI=1S/C18H21BrN4O/c19-14-3-1-2-13(10-14)12-23-16(4-7-21-23)22-17(24)15-11-18(15)5-8-20-9-6-18/h1-4,7,10,15,20H,5-6,8-9,11-12H2,(H,22,24). The van der Waals surface area contributed by atoms with E-state index in [1.807, 2.05) is 22.9 Å². The molecule has 1 spiro atoms. The fourth-order valence-electron chi connectivity index (χ4n) is 3.78. The van der Waals surface area contributed by atoms with Gasteiger partial charge in [-0.1, -0.05) is 28.1 Å². The fraction of sp³-hybridized carbons (Fsp3) is 0.444. The molecule has 1 aromatic heterocycles. The van der Waals surface area contributed by atoms with E-state index in [1.165, 1.54) is 0 Å². The van der Waals surface area contributed by atoms with E-state index in [9.17, 15) is 4.79 Å². The molecule has 1 aliphatic heterocycles. The van der Waals surface area contributed by atoms with Crippen molar-refractivity contribution in [2.45, 2.75) is 25.8 Å². The third kappa shape index (κ3) is 3.13. The van der Waals surface area contributed by atoms with Crippen molar-refractivity contribution in [3.8, 4) is 0 Å². The number of anilines is 1. The number of carbonyl (C=O) groups excluding carboxylic acids is 1. The molecule has 24 heavy (non-hydrogen) atoms. The van der Waals surface area contributed by atoms with Crippen LogP contribution in [0.5, 0.6) is 0 Å². The summed E-state index contributed by atoms with van der Waals surface area (Å²) in [6.45, 7) is 2.71. The molecule has 1 saturated carbocycles. The topological polar surface area (TPSA) is 59.0 Å². The van der Waals surface area contributed by atoms with Crippen molar-refractivity contribution in [2.24, 2.45) is 11.3 Å². The van der Waals surface area contributed by atoms with Crippen molar-refractivity contribution < 1.29 is 4.79 Å². The summed E-state index contributed by atoms with van der Waals surface area (Å²) in [5.74, 6) is 1.08. The van der Waals surface area contributed by atoms with Crippen molar-refractivity contribution in [1.29, 1.82) is 0 Å². The summed E-state index contributed by atoms with van der Waals surface area (Å²) in [4.78, 5) is 12.6. The summed E-state index contributed by atoms with van der Waals surface area (Å²) in [5, 5.41) is 10.8. The Morgan fingerprint density at radius 2 is 2.21 bits per heavy atom. The van der Waals surface area contributed by atoms with Crippen LogP contribution < -0.4 is 10.6 Å². The van der Waals surface area contributed by atoms with Gasteiger partial charge in [-0.05, 0) is 55.5 Å². The minimum absolute atomic E-state index is 0.146. The Balaban J connectivity index is 1.43. The van der Waals surface area contributed by atoms with Crippen LogP contribution in [-0.2, 0) is 11.3 Å². The highest BCUT2D eigenvalue weighted by molar-refractivity contribution is 9.10. The van der Waals surface area contributed by atoms with Gasteiger partial charge in [0.15, 0.2) is 0 Å². The van der Waals surface area contributed by atoms with Crippen LogP contribution in [0.1, 0.15) is 24.8 Å². The maximum Gasteiger partial charge on any atom is 0.229 e. The number of aromatic nitrogens is 2. The third-order valence-corrected chi connectivity index (χ3v) is 5.79. The van der Waals surface area contributed by atoms with E-state index < -0.39 is 0 Å². The molecular formula is C18H21BrN4O. The second-order valence-electron chi connectivity index (χ2n) is 6.86. The number of hydrogen-bond donors (Lipinski definition) is 2. The number of piperidine rings is 1. The highest BCUT2D eigenvalue weighted by atomic mass is 79.9. The summed E-state index contributed by atoms with van der Waals surface area (Å²) in [7, 11) is 0. The van der Waals surface area contributed by atoms with E-state index in [1.54, 1.807) is 6.20 Å². The Bertz CT molecular complexity index is 751. The number of nitrogens with one attached hydrogen (secondary N) is 2. The molecule has 2 fully saturated rings. The Hall–Kier alpha value is -1.66. The van der Waals surface area contributed by atoms with Crippen molar-refractivity contribution in [3.63, 3.8) is 0 Å². The lowest BCUT2D eigenvalue weighted by molar-refractivity contribution is -0.118. The van der Waals surface area contributed by atoms with Crippen LogP contribution in [-0.4, -0.2) is 28.8 Å². The molecule has 5 nitrogen and oxygen atoms in total. The molecule has 126 valence electrons. The van der Waals surface area contributed by atoms with Gasteiger partial charge in [-0.15, -0.1) is 0 Å². The van der Waals surface area contributed by atoms with Crippen LogP contribution in [0.25, 0.3) is 0 Å². The number of benzene rings is 1. The first kappa shape index (κ1) is 15.8. The third-order valence-electron chi connectivity index (χ3n) is 5.29. The summed E-state index contributed by atoms with van der Waals surface area (Å²) >= 11 is 3.49. The van der Waals surface area contributed by atoms with Gasteiger partial charge in [-0.3, -0.25) is 4.79 Å². The zero-order valence-corrected chi connectivity index (χ0v) is 15.1. The van der Waals surface area contributed by atoms with Gasteiger partial charge in [0.25, 0.3) is 0 Å². The van der Waals surface area contributed by atoms with Crippen LogP contribution in [0.4, 0.5) is 5.82 Å². The lowest BCUT2D eigenvalue weighted by Gasteiger charge is -2.23. The number of amides is 1. The Kier molecular flexibility index (Phi) is 4.18. The van der Waals surface area contributed by atoms with E-state index >= 15 is 0 Å². The second-order valence-corrected chi connectivity index (χ2v) is 7.78. The normalized spacial score (nSPS) is 21.6. The van der Waals surface area contributed by atoms with Crippen molar-refractivity contribution in [3.05, 3.63) is 46.6 Å². The van der Waals surface area contributed by atoms with E-state index in [-0.39, 0.29) is 17.2 Å². The smallest absolute Gasteiger partial charge is 0.229 e. The first-order valence-electron chi connectivity index (χ1n) is 8.44. The molecule has 1 aromatic carbocycles. The first-order valence-corrected chi connectivity index (χ1v) is 9.23. The van der Waals surface area contributed by atoms with Crippen LogP contribution in [0.3, 0.4) is 0 Å². The molecule has 1 aliphatic carbocycles. The Labute approximate surface area is 149 Å². The molecule has 2 heterocycles. The van der Waals surface area contributed by atoms with E-state index in [0.29, 0.717) is 6.54 Å². The molecule has 0 bridgehead atoms. The average molecular weight is 389 g/mol. The van der Waals surface area contributed by atoms with Gasteiger partial charge in [0.1, 0.15) is 5.82 Å². The molecule has 1 unspecified atom stereocenters. The molecule has 6 heteroatoms. The van der Waals surface area contributed by atoms with Crippen LogP contribution >= 0.6 is 15.9 Å². The first-order chi connectivity index (χ1) is 11.7. The summed E-state index contributed by atoms with van der Waals surface area (Å²) in [6, 6.07) is 10.0. The number of rotatable bonds is 4. The number of carbonyl (C=O) groups is 1. The number of halogens is 1. The van der Waals surface area contributed by atoms with Crippen LogP contribution in [0, 0.1) is 11.3 Å². The van der Waals surface area contributed by atoms with Gasteiger partial charge in [0.2, 0.25) is 5.91 Å². The predicted molar refractivity (Wildman–Crippen MR) is 96.7 cm³/mol. The van der Waals surface area contributed by atoms with Crippen molar-refractivity contribution in [2.75, 3.05) is 18.4 Å². The molecule has 4 rings (SSSR count). The molecule has 2 N–H and O–H groups in total. The van der Waals surface area contributed by atoms with Crippen LogP contribution in [0.2, 0.25) is 0 Å². The summed E-state index contributed by atoms with van der Waals surface area (Å²) in [6.07, 6.45) is 4.99. The summed E-state index contributed by atoms with van der Waals surface area (Å²) in [5.41, 5.74) is 1.40. The monoisotopic (exact) mass is 388 g/mol. The molecular weight excluding hydrogens is 368 g/mol. The van der Waals surface area contributed by atoms with Gasteiger partial charge in [-0.25, -0.2) is 4.68 Å². The van der Waals surface area contributed by atoms with Gasteiger partial charge < -0.3 is 10.6 Å². The van der Waals surface area contributed by atoms with Gasteiger partial charge in [0, 0.05) is 16.5 Å². The van der Waals surface area contributed by atoms with E-state index in [4.69, 9.17) is 0 Å². The maximum atomic E-state index is 12.6. The molecule has 0 radical (unpaired) electrons. The fourth-order valence-corrected chi connectivity index (χ4v) is 4.23. The minimum atomic E-state index is 0.146. The molecule has 1 saturated heterocycles. The molecule has 1 amide bonds. The highest BCUT2D eigenvalue weighted by Crippen LogP contribution is 2.58. The second kappa shape index (κ2) is 6.33. The average Bonchev–Trinajstić information content (AvgIpc) is 3.09. The summed E-state index contributed by atoms with van der Waals surface area (Å²) < 4.78 is 2.89. The lowest BCUT2D eigenvalue weighted by atomic mass is 9.92. The van der Waals surface area contributed by atoms with E-state index in [0.717, 1.165) is 48.2 Å². The molecule has 1 atom stereocenters. The predicted octanol–water partition coefficient (Wildman–Crippen LogP) is 3.02. The van der Waals surface area contributed by atoms with Gasteiger partial charge in [-0.2, -0.15) is 5.10 Å². The van der Waals surface area contributed by atoms with E-state index in [2.05, 4.69) is 43.8 Å².